The number of nitrogens with zero attached hydrogens (tertiary/aromatic N) is 1. The number of benzene rings is 2. The number of hydrogen-bond acceptors (Lipinski definition) is 4. The van der Waals surface area contributed by atoms with Gasteiger partial charge in [0.1, 0.15) is 6.04 Å². The molecule has 2 amide bonds. The first-order valence-corrected chi connectivity index (χ1v) is 10.3. The van der Waals surface area contributed by atoms with Crippen molar-refractivity contribution in [2.75, 3.05) is 20.8 Å². The van der Waals surface area contributed by atoms with Crippen LogP contribution in [-0.4, -0.2) is 43.5 Å². The molecule has 6 nitrogen and oxygen atoms in total. The highest BCUT2D eigenvalue weighted by Crippen LogP contribution is 2.28. The first kappa shape index (κ1) is 23.3. The second kappa shape index (κ2) is 11.2. The Morgan fingerprint density at radius 3 is 2.23 bits per heavy atom. The normalized spacial score (nSPS) is 12.6. The maximum atomic E-state index is 13.4. The summed E-state index contributed by atoms with van der Waals surface area (Å²) in [5, 5.41) is 2.95. The van der Waals surface area contributed by atoms with Crippen LogP contribution in [-0.2, 0) is 11.3 Å². The monoisotopic (exact) mass is 412 g/mol. The molecule has 0 saturated heterocycles. The van der Waals surface area contributed by atoms with E-state index in [4.69, 9.17) is 9.47 Å². The van der Waals surface area contributed by atoms with E-state index in [9.17, 15) is 9.59 Å². The van der Waals surface area contributed by atoms with Crippen molar-refractivity contribution in [1.82, 2.24) is 10.2 Å². The van der Waals surface area contributed by atoms with Crippen LogP contribution >= 0.6 is 0 Å². The van der Waals surface area contributed by atoms with E-state index in [0.717, 1.165) is 12.0 Å². The summed E-state index contributed by atoms with van der Waals surface area (Å²) < 4.78 is 10.7. The zero-order chi connectivity index (χ0) is 22.1. The molecule has 30 heavy (non-hydrogen) atoms. The first-order valence-electron chi connectivity index (χ1n) is 10.3. The van der Waals surface area contributed by atoms with Gasteiger partial charge >= 0.3 is 0 Å². The lowest BCUT2D eigenvalue weighted by Crippen LogP contribution is -2.51. The second-order valence-electron chi connectivity index (χ2n) is 7.24. The number of likely N-dealkylation sites (N-methyl/N-ethyl adjacent to an activating group) is 1. The molecule has 6 heteroatoms. The van der Waals surface area contributed by atoms with Crippen molar-refractivity contribution in [2.24, 2.45) is 5.92 Å². The fraction of sp³-hybridized carbons (Fsp3) is 0.417. The molecule has 0 spiro atoms. The molecule has 2 unspecified atom stereocenters. The van der Waals surface area contributed by atoms with E-state index in [0.29, 0.717) is 30.2 Å². The van der Waals surface area contributed by atoms with Crippen molar-refractivity contribution in [3.8, 4) is 11.5 Å². The summed E-state index contributed by atoms with van der Waals surface area (Å²) in [5.74, 6) is 0.935. The van der Waals surface area contributed by atoms with Crippen molar-refractivity contribution in [3.63, 3.8) is 0 Å². The Labute approximate surface area is 179 Å². The summed E-state index contributed by atoms with van der Waals surface area (Å²) in [4.78, 5) is 27.8. The fourth-order valence-electron chi connectivity index (χ4n) is 3.24. The number of carbonyl (C=O) groups is 2. The Morgan fingerprint density at radius 1 is 1.00 bits per heavy atom. The van der Waals surface area contributed by atoms with Gasteiger partial charge in [-0.1, -0.05) is 44.5 Å². The Bertz CT molecular complexity index is 838. The minimum Gasteiger partial charge on any atom is -0.493 e. The third-order valence-electron chi connectivity index (χ3n) is 5.32. The van der Waals surface area contributed by atoms with Crippen LogP contribution in [0.2, 0.25) is 0 Å². The van der Waals surface area contributed by atoms with Crippen LogP contribution in [0.5, 0.6) is 11.5 Å². The molecule has 0 bridgehead atoms. The van der Waals surface area contributed by atoms with E-state index < -0.39 is 6.04 Å². The smallest absolute Gasteiger partial charge is 0.251 e. The van der Waals surface area contributed by atoms with Gasteiger partial charge in [-0.3, -0.25) is 9.59 Å². The minimum atomic E-state index is -0.595. The largest absolute Gasteiger partial charge is 0.493 e. The Hall–Kier alpha value is -3.02. The van der Waals surface area contributed by atoms with Crippen molar-refractivity contribution in [3.05, 3.63) is 59.7 Å². The van der Waals surface area contributed by atoms with Crippen molar-refractivity contribution < 1.29 is 19.1 Å². The zero-order valence-electron chi connectivity index (χ0n) is 18.5. The summed E-state index contributed by atoms with van der Waals surface area (Å²) in [5.41, 5.74) is 1.47. The summed E-state index contributed by atoms with van der Waals surface area (Å²) in [6.07, 6.45) is 0.777. The minimum absolute atomic E-state index is 0.00427. The van der Waals surface area contributed by atoms with Crippen LogP contribution in [0.25, 0.3) is 0 Å². The molecular formula is C24H32N2O4. The molecule has 2 rings (SSSR count). The van der Waals surface area contributed by atoms with Crippen LogP contribution in [0.4, 0.5) is 0 Å². The lowest BCUT2D eigenvalue weighted by atomic mass is 9.97. The molecule has 0 radical (unpaired) electrons. The van der Waals surface area contributed by atoms with Gasteiger partial charge in [-0.25, -0.2) is 0 Å². The van der Waals surface area contributed by atoms with Crippen LogP contribution < -0.4 is 14.8 Å². The molecule has 0 aromatic heterocycles. The van der Waals surface area contributed by atoms with Gasteiger partial charge in [0.05, 0.1) is 14.2 Å². The molecule has 2 atom stereocenters. The molecule has 0 aliphatic carbocycles. The van der Waals surface area contributed by atoms with Gasteiger partial charge < -0.3 is 19.7 Å². The standard InChI is InChI=1S/C24H32N2O4/c1-6-17(3)22(25-23(27)19-11-9-8-10-12-19)24(28)26(7-2)16-18-13-14-20(29-4)21(15-18)30-5/h8-15,17,22H,6-7,16H2,1-5H3,(H,25,27). The van der Waals surface area contributed by atoms with Gasteiger partial charge in [-0.2, -0.15) is 0 Å². The number of rotatable bonds is 10. The number of ether oxygens (including phenoxy) is 2. The summed E-state index contributed by atoms with van der Waals surface area (Å²) in [6, 6.07) is 14.0. The molecule has 2 aromatic carbocycles. The first-order chi connectivity index (χ1) is 14.4. The predicted molar refractivity (Wildman–Crippen MR) is 118 cm³/mol. The molecule has 0 fully saturated rings. The third-order valence-corrected chi connectivity index (χ3v) is 5.32. The third kappa shape index (κ3) is 5.75. The average Bonchev–Trinajstić information content (AvgIpc) is 2.80. The highest BCUT2D eigenvalue weighted by molar-refractivity contribution is 5.97. The fourth-order valence-corrected chi connectivity index (χ4v) is 3.24. The number of carbonyl (C=O) groups excluding carboxylic acids is 2. The number of hydrogen-bond donors (Lipinski definition) is 1. The SMILES string of the molecule is CCC(C)C(NC(=O)c1ccccc1)C(=O)N(CC)Cc1ccc(OC)c(OC)c1. The van der Waals surface area contributed by atoms with E-state index in [2.05, 4.69) is 5.32 Å². The van der Waals surface area contributed by atoms with Crippen LogP contribution in [0.3, 0.4) is 0 Å². The topological polar surface area (TPSA) is 67.9 Å². The molecule has 1 N–H and O–H groups in total. The molecule has 0 heterocycles. The van der Waals surface area contributed by atoms with Crippen LogP contribution in [0, 0.1) is 5.92 Å². The molecule has 0 saturated carbocycles. The van der Waals surface area contributed by atoms with Crippen LogP contribution in [0.1, 0.15) is 43.1 Å². The second-order valence-corrected chi connectivity index (χ2v) is 7.24. The van der Waals surface area contributed by atoms with Gasteiger partial charge in [-0.15, -0.1) is 0 Å². The Kier molecular flexibility index (Phi) is 8.71. The summed E-state index contributed by atoms with van der Waals surface area (Å²) in [7, 11) is 3.17. The number of methoxy groups -OCH3 is 2. The number of nitrogens with one attached hydrogen (secondary N) is 1. The maximum Gasteiger partial charge on any atom is 0.251 e. The van der Waals surface area contributed by atoms with E-state index in [1.165, 1.54) is 0 Å². The predicted octanol–water partition coefficient (Wildman–Crippen LogP) is 3.90. The maximum absolute atomic E-state index is 13.4. The molecule has 162 valence electrons. The Balaban J connectivity index is 2.21. The summed E-state index contributed by atoms with van der Waals surface area (Å²) >= 11 is 0. The van der Waals surface area contributed by atoms with Gasteiger partial charge in [0.2, 0.25) is 5.91 Å². The lowest BCUT2D eigenvalue weighted by Gasteiger charge is -2.30. The van der Waals surface area contributed by atoms with Crippen LogP contribution in [0.15, 0.2) is 48.5 Å². The van der Waals surface area contributed by atoms with E-state index in [-0.39, 0.29) is 17.7 Å². The van der Waals surface area contributed by atoms with Gasteiger partial charge in [0.25, 0.3) is 5.91 Å². The lowest BCUT2D eigenvalue weighted by molar-refractivity contribution is -0.135. The molecular weight excluding hydrogens is 380 g/mol. The highest BCUT2D eigenvalue weighted by Gasteiger charge is 2.30. The van der Waals surface area contributed by atoms with E-state index in [1.54, 1.807) is 31.3 Å². The van der Waals surface area contributed by atoms with Crippen molar-refractivity contribution >= 4 is 11.8 Å². The quantitative estimate of drug-likeness (QED) is 0.643. The molecule has 2 aromatic rings. The van der Waals surface area contributed by atoms with Gasteiger partial charge in [-0.05, 0) is 42.7 Å². The van der Waals surface area contributed by atoms with Crippen molar-refractivity contribution in [1.29, 1.82) is 0 Å². The molecule has 0 aliphatic rings. The average molecular weight is 413 g/mol. The van der Waals surface area contributed by atoms with E-state index in [1.807, 2.05) is 57.2 Å². The van der Waals surface area contributed by atoms with E-state index >= 15 is 0 Å². The van der Waals surface area contributed by atoms with Gasteiger partial charge in [0, 0.05) is 18.7 Å². The van der Waals surface area contributed by atoms with Crippen molar-refractivity contribution in [2.45, 2.75) is 39.8 Å². The summed E-state index contributed by atoms with van der Waals surface area (Å²) in [6.45, 7) is 6.89. The highest BCUT2D eigenvalue weighted by atomic mass is 16.5. The van der Waals surface area contributed by atoms with Gasteiger partial charge in [0.15, 0.2) is 11.5 Å². The zero-order valence-corrected chi connectivity index (χ0v) is 18.5. The molecule has 0 aliphatic heterocycles. The Morgan fingerprint density at radius 2 is 1.67 bits per heavy atom. The number of amides is 2.